The standard InChI is InChI=1S/C12H28N2/c1-8-12(6,7)14-10(13-9-2)11(3,4)5/h10,13-14H,8-9H2,1-7H3. The van der Waals surface area contributed by atoms with E-state index in [0.29, 0.717) is 6.17 Å². The molecule has 1 unspecified atom stereocenters. The van der Waals surface area contributed by atoms with E-state index in [1.165, 1.54) is 0 Å². The van der Waals surface area contributed by atoms with Crippen molar-refractivity contribution in [3.8, 4) is 0 Å². The molecule has 2 N–H and O–H groups in total. The Balaban J connectivity index is 4.38. The van der Waals surface area contributed by atoms with Crippen molar-refractivity contribution in [3.05, 3.63) is 0 Å². The molecule has 0 radical (unpaired) electrons. The normalized spacial score (nSPS) is 15.6. The molecule has 0 aliphatic rings. The quantitative estimate of drug-likeness (QED) is 0.667. The summed E-state index contributed by atoms with van der Waals surface area (Å²) in [6.07, 6.45) is 1.52. The summed E-state index contributed by atoms with van der Waals surface area (Å²) in [6, 6.07) is 0. The van der Waals surface area contributed by atoms with Crippen LogP contribution in [0.2, 0.25) is 0 Å². The fourth-order valence-corrected chi connectivity index (χ4v) is 1.27. The van der Waals surface area contributed by atoms with Gasteiger partial charge in [-0.3, -0.25) is 5.32 Å². The zero-order chi connectivity index (χ0) is 11.4. The minimum Gasteiger partial charge on any atom is -0.302 e. The summed E-state index contributed by atoms with van der Waals surface area (Å²) >= 11 is 0. The SMILES string of the molecule is CCNC(NC(C)(C)CC)C(C)(C)C. The largest absolute Gasteiger partial charge is 0.302 e. The average molecular weight is 200 g/mol. The van der Waals surface area contributed by atoms with Gasteiger partial charge in [0.05, 0.1) is 6.17 Å². The fraction of sp³-hybridized carbons (Fsp3) is 1.00. The van der Waals surface area contributed by atoms with Gasteiger partial charge in [0, 0.05) is 5.54 Å². The first-order valence-corrected chi connectivity index (χ1v) is 5.74. The van der Waals surface area contributed by atoms with Crippen LogP contribution in [0.25, 0.3) is 0 Å². The molecule has 0 saturated heterocycles. The third-order valence-corrected chi connectivity index (χ3v) is 2.69. The van der Waals surface area contributed by atoms with Gasteiger partial charge in [-0.05, 0) is 32.2 Å². The Morgan fingerprint density at radius 2 is 1.50 bits per heavy atom. The van der Waals surface area contributed by atoms with E-state index < -0.39 is 0 Å². The maximum absolute atomic E-state index is 3.67. The topological polar surface area (TPSA) is 24.1 Å². The summed E-state index contributed by atoms with van der Waals surface area (Å²) in [5.74, 6) is 0. The van der Waals surface area contributed by atoms with Crippen molar-refractivity contribution in [2.75, 3.05) is 6.54 Å². The smallest absolute Gasteiger partial charge is 0.0625 e. The van der Waals surface area contributed by atoms with Crippen LogP contribution in [0.4, 0.5) is 0 Å². The fourth-order valence-electron chi connectivity index (χ4n) is 1.27. The van der Waals surface area contributed by atoms with E-state index >= 15 is 0 Å². The zero-order valence-corrected chi connectivity index (χ0v) is 11.0. The van der Waals surface area contributed by atoms with Crippen molar-refractivity contribution in [3.63, 3.8) is 0 Å². The maximum Gasteiger partial charge on any atom is 0.0625 e. The summed E-state index contributed by atoms with van der Waals surface area (Å²) < 4.78 is 0. The highest BCUT2D eigenvalue weighted by Gasteiger charge is 2.28. The van der Waals surface area contributed by atoms with Gasteiger partial charge < -0.3 is 5.32 Å². The van der Waals surface area contributed by atoms with E-state index in [1.54, 1.807) is 0 Å². The molecule has 0 fully saturated rings. The molecule has 0 aromatic heterocycles. The van der Waals surface area contributed by atoms with Crippen molar-refractivity contribution in [1.82, 2.24) is 10.6 Å². The molecule has 0 spiro atoms. The second-order valence-electron chi connectivity index (χ2n) is 5.74. The summed E-state index contributed by atoms with van der Waals surface area (Å²) in [5, 5.41) is 7.17. The first-order chi connectivity index (χ1) is 6.23. The Kier molecular flexibility index (Phi) is 5.10. The van der Waals surface area contributed by atoms with Gasteiger partial charge in [-0.2, -0.15) is 0 Å². The van der Waals surface area contributed by atoms with E-state index in [-0.39, 0.29) is 11.0 Å². The predicted molar refractivity (Wildman–Crippen MR) is 64.4 cm³/mol. The van der Waals surface area contributed by atoms with Crippen LogP contribution >= 0.6 is 0 Å². The molecule has 0 bridgehead atoms. The summed E-state index contributed by atoms with van der Waals surface area (Å²) in [7, 11) is 0. The van der Waals surface area contributed by atoms with Gasteiger partial charge in [0.25, 0.3) is 0 Å². The lowest BCUT2D eigenvalue weighted by Crippen LogP contribution is -2.57. The van der Waals surface area contributed by atoms with Gasteiger partial charge in [-0.1, -0.05) is 34.6 Å². The Bertz CT molecular complexity index is 153. The van der Waals surface area contributed by atoms with Gasteiger partial charge in [0.2, 0.25) is 0 Å². The molecular formula is C12H28N2. The third kappa shape index (κ3) is 4.97. The van der Waals surface area contributed by atoms with E-state index in [9.17, 15) is 0 Å². The zero-order valence-electron chi connectivity index (χ0n) is 11.0. The molecule has 2 heteroatoms. The van der Waals surface area contributed by atoms with Crippen molar-refractivity contribution < 1.29 is 0 Å². The van der Waals surface area contributed by atoms with Crippen LogP contribution in [0, 0.1) is 5.41 Å². The minimum atomic E-state index is 0.208. The second-order valence-corrected chi connectivity index (χ2v) is 5.74. The predicted octanol–water partition coefficient (Wildman–Crippen LogP) is 2.75. The second kappa shape index (κ2) is 5.13. The minimum absolute atomic E-state index is 0.208. The molecule has 2 nitrogen and oxygen atoms in total. The highest BCUT2D eigenvalue weighted by Crippen LogP contribution is 2.20. The lowest BCUT2D eigenvalue weighted by atomic mass is 9.89. The van der Waals surface area contributed by atoms with Crippen LogP contribution in [0.3, 0.4) is 0 Å². The van der Waals surface area contributed by atoms with Crippen molar-refractivity contribution in [2.24, 2.45) is 5.41 Å². The van der Waals surface area contributed by atoms with Gasteiger partial charge in [0.15, 0.2) is 0 Å². The monoisotopic (exact) mass is 200 g/mol. The third-order valence-electron chi connectivity index (χ3n) is 2.69. The van der Waals surface area contributed by atoms with Gasteiger partial charge in [0.1, 0.15) is 0 Å². The number of rotatable bonds is 5. The Morgan fingerprint density at radius 3 is 1.79 bits per heavy atom. The molecule has 14 heavy (non-hydrogen) atoms. The van der Waals surface area contributed by atoms with E-state index in [2.05, 4.69) is 59.1 Å². The van der Waals surface area contributed by atoms with Crippen LogP contribution in [0.15, 0.2) is 0 Å². The molecule has 0 aliphatic carbocycles. The Morgan fingerprint density at radius 1 is 1.00 bits per heavy atom. The van der Waals surface area contributed by atoms with Gasteiger partial charge >= 0.3 is 0 Å². The molecule has 0 aromatic rings. The van der Waals surface area contributed by atoms with Crippen molar-refractivity contribution in [2.45, 2.75) is 66.6 Å². The van der Waals surface area contributed by atoms with Crippen LogP contribution < -0.4 is 10.6 Å². The molecular weight excluding hydrogens is 172 g/mol. The van der Waals surface area contributed by atoms with E-state index in [4.69, 9.17) is 0 Å². The summed E-state index contributed by atoms with van der Waals surface area (Å²) in [6.45, 7) is 16.7. The van der Waals surface area contributed by atoms with Gasteiger partial charge in [-0.25, -0.2) is 0 Å². The molecule has 0 amide bonds. The molecule has 86 valence electrons. The lowest BCUT2D eigenvalue weighted by Gasteiger charge is -2.39. The molecule has 1 atom stereocenters. The lowest BCUT2D eigenvalue weighted by molar-refractivity contribution is 0.176. The van der Waals surface area contributed by atoms with Crippen LogP contribution in [-0.4, -0.2) is 18.2 Å². The maximum atomic E-state index is 3.67. The molecule has 0 rings (SSSR count). The van der Waals surface area contributed by atoms with E-state index in [1.807, 2.05) is 0 Å². The van der Waals surface area contributed by atoms with Crippen LogP contribution in [-0.2, 0) is 0 Å². The van der Waals surface area contributed by atoms with Crippen molar-refractivity contribution in [1.29, 1.82) is 0 Å². The number of hydrogen-bond donors (Lipinski definition) is 2. The molecule has 0 aromatic carbocycles. The van der Waals surface area contributed by atoms with E-state index in [0.717, 1.165) is 13.0 Å². The highest BCUT2D eigenvalue weighted by atomic mass is 15.2. The molecule has 0 heterocycles. The Hall–Kier alpha value is -0.0800. The summed E-state index contributed by atoms with van der Waals surface area (Å²) in [5.41, 5.74) is 0.461. The first kappa shape index (κ1) is 13.9. The van der Waals surface area contributed by atoms with Gasteiger partial charge in [-0.15, -0.1) is 0 Å². The number of nitrogens with one attached hydrogen (secondary N) is 2. The van der Waals surface area contributed by atoms with Crippen LogP contribution in [0.1, 0.15) is 54.9 Å². The summed E-state index contributed by atoms with van der Waals surface area (Å²) in [4.78, 5) is 0. The molecule has 0 saturated carbocycles. The Labute approximate surface area is 89.9 Å². The highest BCUT2D eigenvalue weighted by molar-refractivity contribution is 4.86. The average Bonchev–Trinajstić information content (AvgIpc) is 2.02. The van der Waals surface area contributed by atoms with Crippen LogP contribution in [0.5, 0.6) is 0 Å². The first-order valence-electron chi connectivity index (χ1n) is 5.74. The van der Waals surface area contributed by atoms with Crippen molar-refractivity contribution >= 4 is 0 Å². The number of hydrogen-bond acceptors (Lipinski definition) is 2. The molecule has 0 aliphatic heterocycles.